The van der Waals surface area contributed by atoms with Crippen LogP contribution in [0.25, 0.3) is 22.2 Å². The summed E-state index contributed by atoms with van der Waals surface area (Å²) in [4.78, 5) is 24.5. The van der Waals surface area contributed by atoms with Crippen LogP contribution in [-0.4, -0.2) is 21.6 Å². The van der Waals surface area contributed by atoms with Gasteiger partial charge in [-0.2, -0.15) is 5.10 Å². The highest BCUT2D eigenvalue weighted by molar-refractivity contribution is 6.08. The van der Waals surface area contributed by atoms with E-state index in [0.717, 1.165) is 33.3 Å². The first-order valence-corrected chi connectivity index (χ1v) is 9.79. The lowest BCUT2D eigenvalue weighted by molar-refractivity contribution is 0.0995. The summed E-state index contributed by atoms with van der Waals surface area (Å²) in [5.74, 6) is -0.820. The quantitative estimate of drug-likeness (QED) is 0.441. The molecule has 0 spiro atoms. The van der Waals surface area contributed by atoms with Crippen molar-refractivity contribution in [2.24, 2.45) is 12.8 Å². The van der Waals surface area contributed by atoms with Gasteiger partial charge >= 0.3 is 0 Å². The predicted molar refractivity (Wildman–Crippen MR) is 123 cm³/mol. The van der Waals surface area contributed by atoms with E-state index in [0.29, 0.717) is 22.5 Å². The fourth-order valence-corrected chi connectivity index (χ4v) is 3.73. The fourth-order valence-electron chi connectivity index (χ4n) is 3.73. The van der Waals surface area contributed by atoms with Gasteiger partial charge in [0.2, 0.25) is 5.91 Å². The molecule has 7 heteroatoms. The summed E-state index contributed by atoms with van der Waals surface area (Å²) < 4.78 is 1.79. The fraction of sp³-hybridized carbons (Fsp3) is 0.125. The average molecular weight is 413 g/mol. The molecule has 7 nitrogen and oxygen atoms in total. The molecule has 5 N–H and O–H groups in total. The van der Waals surface area contributed by atoms with Crippen LogP contribution in [0.1, 0.15) is 31.8 Å². The van der Waals surface area contributed by atoms with Crippen molar-refractivity contribution in [3.63, 3.8) is 0 Å². The minimum absolute atomic E-state index is 0.287. The molecule has 1 aromatic heterocycles. The van der Waals surface area contributed by atoms with Gasteiger partial charge in [-0.15, -0.1) is 0 Å². The van der Waals surface area contributed by atoms with Crippen LogP contribution in [0.4, 0.5) is 11.4 Å². The Balaban J connectivity index is 1.73. The number of benzene rings is 3. The van der Waals surface area contributed by atoms with Crippen LogP contribution >= 0.6 is 0 Å². The number of carbonyl (C=O) groups is 2. The maximum absolute atomic E-state index is 12.9. The van der Waals surface area contributed by atoms with E-state index in [-0.39, 0.29) is 5.91 Å². The van der Waals surface area contributed by atoms with E-state index in [1.807, 2.05) is 44.3 Å². The lowest BCUT2D eigenvalue weighted by Crippen LogP contribution is -2.15. The lowest BCUT2D eigenvalue weighted by atomic mass is 10.0. The van der Waals surface area contributed by atoms with Crippen molar-refractivity contribution < 1.29 is 9.59 Å². The highest BCUT2D eigenvalue weighted by atomic mass is 16.2. The summed E-state index contributed by atoms with van der Waals surface area (Å²) in [6.07, 6.45) is 0. The number of aromatic nitrogens is 2. The zero-order valence-electron chi connectivity index (χ0n) is 17.6. The van der Waals surface area contributed by atoms with Crippen LogP contribution in [0.2, 0.25) is 0 Å². The molecule has 0 radical (unpaired) electrons. The predicted octanol–water partition coefficient (Wildman–Crippen LogP) is 3.79. The number of aryl methyl sites for hydroxylation is 3. The summed E-state index contributed by atoms with van der Waals surface area (Å²) in [6, 6.07) is 16.2. The third kappa shape index (κ3) is 3.73. The normalized spacial score (nSPS) is 10.9. The molecule has 0 unspecified atom stereocenters. The Hall–Kier alpha value is -4.13. The number of amides is 2. The second kappa shape index (κ2) is 7.60. The monoisotopic (exact) mass is 413 g/mol. The van der Waals surface area contributed by atoms with Crippen LogP contribution in [0.5, 0.6) is 0 Å². The summed E-state index contributed by atoms with van der Waals surface area (Å²) in [7, 11) is 1.87. The molecule has 0 saturated heterocycles. The molecule has 31 heavy (non-hydrogen) atoms. The van der Waals surface area contributed by atoms with Gasteiger partial charge in [0.1, 0.15) is 5.69 Å². The molecule has 0 atom stereocenters. The first-order valence-electron chi connectivity index (χ1n) is 9.79. The minimum Gasteiger partial charge on any atom is -0.399 e. The molecule has 2 amide bonds. The van der Waals surface area contributed by atoms with Gasteiger partial charge < -0.3 is 16.8 Å². The number of hydrogen-bond donors (Lipinski definition) is 3. The number of rotatable bonds is 4. The van der Waals surface area contributed by atoms with E-state index in [1.165, 1.54) is 0 Å². The third-order valence-corrected chi connectivity index (χ3v) is 5.38. The summed E-state index contributed by atoms with van der Waals surface area (Å²) in [5.41, 5.74) is 17.8. The minimum atomic E-state index is -0.533. The maximum atomic E-state index is 12.9. The van der Waals surface area contributed by atoms with Crippen LogP contribution in [0.3, 0.4) is 0 Å². The molecule has 0 aliphatic heterocycles. The van der Waals surface area contributed by atoms with Gasteiger partial charge in [0.15, 0.2) is 0 Å². The first kappa shape index (κ1) is 20.2. The van der Waals surface area contributed by atoms with E-state index in [1.54, 1.807) is 35.9 Å². The lowest BCUT2D eigenvalue weighted by Gasteiger charge is -2.09. The zero-order valence-corrected chi connectivity index (χ0v) is 17.6. The second-order valence-corrected chi connectivity index (χ2v) is 7.63. The molecule has 4 aromatic rings. The van der Waals surface area contributed by atoms with Gasteiger partial charge in [0.25, 0.3) is 5.91 Å². The molecule has 0 aliphatic carbocycles. The van der Waals surface area contributed by atoms with Crippen molar-refractivity contribution in [3.8, 4) is 11.3 Å². The summed E-state index contributed by atoms with van der Waals surface area (Å²) in [6.45, 7) is 3.78. The Kier molecular flexibility index (Phi) is 4.94. The van der Waals surface area contributed by atoms with E-state index in [2.05, 4.69) is 10.4 Å². The summed E-state index contributed by atoms with van der Waals surface area (Å²) in [5, 5.41) is 8.37. The van der Waals surface area contributed by atoms with E-state index < -0.39 is 5.91 Å². The van der Waals surface area contributed by atoms with Gasteiger partial charge in [-0.3, -0.25) is 14.3 Å². The van der Waals surface area contributed by atoms with Crippen molar-refractivity contribution in [1.82, 2.24) is 9.78 Å². The van der Waals surface area contributed by atoms with Crippen LogP contribution in [0, 0.1) is 13.8 Å². The van der Waals surface area contributed by atoms with Gasteiger partial charge in [0, 0.05) is 40.5 Å². The Morgan fingerprint density at radius 2 is 1.74 bits per heavy atom. The van der Waals surface area contributed by atoms with Gasteiger partial charge in [0.05, 0.1) is 5.52 Å². The maximum Gasteiger partial charge on any atom is 0.255 e. The number of nitrogens with two attached hydrogens (primary N) is 2. The number of nitrogen functional groups attached to an aromatic ring is 1. The molecule has 1 heterocycles. The number of fused-ring (bicyclic) bond motifs is 1. The third-order valence-electron chi connectivity index (χ3n) is 5.38. The number of hydrogen-bond acceptors (Lipinski definition) is 4. The molecule has 3 aromatic carbocycles. The van der Waals surface area contributed by atoms with E-state index in [4.69, 9.17) is 11.5 Å². The van der Waals surface area contributed by atoms with Crippen LogP contribution in [0.15, 0.2) is 54.6 Å². The first-order chi connectivity index (χ1) is 14.7. The number of anilines is 2. The van der Waals surface area contributed by atoms with Crippen LogP contribution < -0.4 is 16.8 Å². The Morgan fingerprint density at radius 3 is 2.45 bits per heavy atom. The molecule has 0 aliphatic rings. The Morgan fingerprint density at radius 1 is 0.968 bits per heavy atom. The SMILES string of the molecule is Cc1ccc(NC(=O)c2ccc3c(c2)c(-c2ccc(N)cc2C)nn3C)cc1C(N)=O. The number of nitrogens with zero attached hydrogens (tertiary/aromatic N) is 2. The van der Waals surface area contributed by atoms with Crippen molar-refractivity contribution in [2.75, 3.05) is 11.1 Å². The summed E-state index contributed by atoms with van der Waals surface area (Å²) >= 11 is 0. The highest BCUT2D eigenvalue weighted by Gasteiger charge is 2.16. The average Bonchev–Trinajstić information content (AvgIpc) is 3.05. The van der Waals surface area contributed by atoms with Crippen LogP contribution in [-0.2, 0) is 7.05 Å². The molecule has 0 bridgehead atoms. The molecule has 156 valence electrons. The van der Waals surface area contributed by atoms with Crippen molar-refractivity contribution in [1.29, 1.82) is 0 Å². The topological polar surface area (TPSA) is 116 Å². The van der Waals surface area contributed by atoms with Gasteiger partial charge in [-0.1, -0.05) is 12.1 Å². The molecular formula is C24H23N5O2. The zero-order chi connectivity index (χ0) is 22.3. The molecule has 4 rings (SSSR count). The number of primary amides is 1. The van der Waals surface area contributed by atoms with Crippen molar-refractivity contribution in [2.45, 2.75) is 13.8 Å². The largest absolute Gasteiger partial charge is 0.399 e. The van der Waals surface area contributed by atoms with E-state index >= 15 is 0 Å². The van der Waals surface area contributed by atoms with Gasteiger partial charge in [-0.05, 0) is 67.4 Å². The molecular weight excluding hydrogens is 390 g/mol. The van der Waals surface area contributed by atoms with Gasteiger partial charge in [-0.25, -0.2) is 0 Å². The molecule has 0 saturated carbocycles. The smallest absolute Gasteiger partial charge is 0.255 e. The Labute approximate surface area is 179 Å². The second-order valence-electron chi connectivity index (χ2n) is 7.63. The number of nitrogens with one attached hydrogen (secondary N) is 1. The number of carbonyl (C=O) groups excluding carboxylic acids is 2. The van der Waals surface area contributed by atoms with Crippen molar-refractivity contribution in [3.05, 3.63) is 76.9 Å². The standard InChI is InChI=1S/C24H23N5O2/c1-13-4-7-17(12-19(13)23(26)30)27-24(31)15-5-9-21-20(11-15)22(28-29(21)3)18-8-6-16(25)10-14(18)2/h4-12H,25H2,1-3H3,(H2,26,30)(H,27,31). The van der Waals surface area contributed by atoms with Crippen molar-refractivity contribution >= 4 is 34.1 Å². The Bertz CT molecular complexity index is 1350. The van der Waals surface area contributed by atoms with E-state index in [9.17, 15) is 9.59 Å². The molecule has 0 fully saturated rings. The highest BCUT2D eigenvalue weighted by Crippen LogP contribution is 2.31.